The van der Waals surface area contributed by atoms with Crippen molar-refractivity contribution in [2.75, 3.05) is 6.61 Å². The number of benzene rings is 1. The largest absolute Gasteiger partial charge is 0.493 e. The molecule has 0 saturated heterocycles. The molecule has 1 aromatic carbocycles. The summed E-state index contributed by atoms with van der Waals surface area (Å²) in [4.78, 5) is 0. The van der Waals surface area contributed by atoms with Crippen LogP contribution in [0, 0.1) is 12.3 Å². The van der Waals surface area contributed by atoms with Crippen LogP contribution >= 0.6 is 0 Å². The van der Waals surface area contributed by atoms with Gasteiger partial charge >= 0.3 is 0 Å². The molecular formula is C15H21NO. The molecule has 1 rings (SSSR count). The Kier molecular flexibility index (Phi) is 6.21. The van der Waals surface area contributed by atoms with E-state index in [2.05, 4.69) is 31.2 Å². The van der Waals surface area contributed by atoms with E-state index in [0.29, 0.717) is 12.6 Å². The summed E-state index contributed by atoms with van der Waals surface area (Å²) in [5, 5.41) is 3.39. The van der Waals surface area contributed by atoms with Crippen LogP contribution in [0.2, 0.25) is 0 Å². The minimum absolute atomic E-state index is 0.476. The van der Waals surface area contributed by atoms with Crippen LogP contribution in [0.15, 0.2) is 24.3 Å². The summed E-state index contributed by atoms with van der Waals surface area (Å²) < 4.78 is 5.74. The van der Waals surface area contributed by atoms with Gasteiger partial charge in [0.25, 0.3) is 0 Å². The molecule has 0 heterocycles. The van der Waals surface area contributed by atoms with Gasteiger partial charge in [-0.2, -0.15) is 0 Å². The van der Waals surface area contributed by atoms with E-state index in [0.717, 1.165) is 25.1 Å². The van der Waals surface area contributed by atoms with Gasteiger partial charge in [-0.05, 0) is 12.5 Å². The van der Waals surface area contributed by atoms with Gasteiger partial charge in [0.2, 0.25) is 0 Å². The first-order valence-electron chi connectivity index (χ1n) is 6.11. The van der Waals surface area contributed by atoms with Crippen molar-refractivity contribution in [2.24, 2.45) is 0 Å². The Morgan fingerprint density at radius 1 is 1.35 bits per heavy atom. The summed E-state index contributed by atoms with van der Waals surface area (Å²) in [6.07, 6.45) is 6.88. The highest BCUT2D eigenvalue weighted by Crippen LogP contribution is 2.18. The van der Waals surface area contributed by atoms with E-state index < -0.39 is 0 Å². The van der Waals surface area contributed by atoms with E-state index in [1.807, 2.05) is 18.2 Å². The summed E-state index contributed by atoms with van der Waals surface area (Å²) in [6.45, 7) is 5.79. The van der Waals surface area contributed by atoms with Gasteiger partial charge in [0.05, 0.1) is 6.61 Å². The van der Waals surface area contributed by atoms with E-state index in [-0.39, 0.29) is 0 Å². The van der Waals surface area contributed by atoms with Crippen LogP contribution in [0.4, 0.5) is 0 Å². The molecule has 0 aliphatic rings. The molecule has 2 nitrogen and oxygen atoms in total. The molecule has 0 bridgehead atoms. The Bertz CT molecular complexity index is 365. The SMILES string of the molecule is C#CCCCOc1ccccc1CNC(C)C. The highest BCUT2D eigenvalue weighted by atomic mass is 16.5. The van der Waals surface area contributed by atoms with Crippen LogP contribution in [0.3, 0.4) is 0 Å². The highest BCUT2D eigenvalue weighted by Gasteiger charge is 2.03. The van der Waals surface area contributed by atoms with Gasteiger partial charge in [0.15, 0.2) is 0 Å². The number of rotatable bonds is 7. The minimum atomic E-state index is 0.476. The summed E-state index contributed by atoms with van der Waals surface area (Å²) >= 11 is 0. The van der Waals surface area contributed by atoms with Gasteiger partial charge in [0.1, 0.15) is 5.75 Å². The lowest BCUT2D eigenvalue weighted by Gasteiger charge is -2.13. The van der Waals surface area contributed by atoms with Crippen LogP contribution in [0.1, 0.15) is 32.3 Å². The molecule has 0 spiro atoms. The predicted octanol–water partition coefficient (Wildman–Crippen LogP) is 2.98. The maximum Gasteiger partial charge on any atom is 0.123 e. The van der Waals surface area contributed by atoms with Crippen molar-refractivity contribution in [2.45, 2.75) is 39.3 Å². The number of ether oxygens (including phenoxy) is 1. The van der Waals surface area contributed by atoms with Crippen molar-refractivity contribution in [1.29, 1.82) is 0 Å². The fourth-order valence-corrected chi connectivity index (χ4v) is 1.46. The van der Waals surface area contributed by atoms with E-state index in [4.69, 9.17) is 11.2 Å². The number of terminal acetylenes is 1. The van der Waals surface area contributed by atoms with Gasteiger partial charge in [-0.25, -0.2) is 0 Å². The average molecular weight is 231 g/mol. The third kappa shape index (κ3) is 5.42. The number of hydrogen-bond donors (Lipinski definition) is 1. The van der Waals surface area contributed by atoms with Crippen molar-refractivity contribution in [3.63, 3.8) is 0 Å². The Morgan fingerprint density at radius 3 is 2.82 bits per heavy atom. The summed E-state index contributed by atoms with van der Waals surface area (Å²) in [6, 6.07) is 8.60. The third-order valence-electron chi connectivity index (χ3n) is 2.40. The Balaban J connectivity index is 2.49. The van der Waals surface area contributed by atoms with Gasteiger partial charge in [-0.15, -0.1) is 12.3 Å². The normalized spacial score (nSPS) is 10.2. The van der Waals surface area contributed by atoms with Crippen molar-refractivity contribution in [3.05, 3.63) is 29.8 Å². The van der Waals surface area contributed by atoms with E-state index in [1.165, 1.54) is 5.56 Å². The molecule has 0 aromatic heterocycles. The second kappa shape index (κ2) is 7.76. The molecular weight excluding hydrogens is 210 g/mol. The van der Waals surface area contributed by atoms with Crippen LogP contribution in [-0.4, -0.2) is 12.6 Å². The van der Waals surface area contributed by atoms with Gasteiger partial charge in [0, 0.05) is 24.6 Å². The molecule has 2 heteroatoms. The maximum atomic E-state index is 5.74. The fraction of sp³-hybridized carbons (Fsp3) is 0.467. The average Bonchev–Trinajstić information content (AvgIpc) is 2.33. The molecule has 0 aliphatic carbocycles. The number of hydrogen-bond acceptors (Lipinski definition) is 2. The Labute approximate surface area is 104 Å². The molecule has 0 fully saturated rings. The molecule has 0 radical (unpaired) electrons. The van der Waals surface area contributed by atoms with Gasteiger partial charge in [-0.3, -0.25) is 0 Å². The second-order valence-corrected chi connectivity index (χ2v) is 4.30. The van der Waals surface area contributed by atoms with Crippen molar-refractivity contribution >= 4 is 0 Å². The first kappa shape index (κ1) is 13.6. The summed E-state index contributed by atoms with van der Waals surface area (Å²) in [7, 11) is 0. The van der Waals surface area contributed by atoms with Gasteiger partial charge in [-0.1, -0.05) is 32.0 Å². The Morgan fingerprint density at radius 2 is 2.12 bits per heavy atom. The lowest BCUT2D eigenvalue weighted by molar-refractivity contribution is 0.308. The summed E-state index contributed by atoms with van der Waals surface area (Å²) in [5.41, 5.74) is 1.20. The lowest BCUT2D eigenvalue weighted by atomic mass is 10.2. The van der Waals surface area contributed by atoms with Crippen LogP contribution in [-0.2, 0) is 6.54 Å². The first-order valence-corrected chi connectivity index (χ1v) is 6.11. The molecule has 0 unspecified atom stereocenters. The van der Waals surface area contributed by atoms with Crippen LogP contribution in [0.5, 0.6) is 5.75 Å². The molecule has 0 aliphatic heterocycles. The van der Waals surface area contributed by atoms with E-state index in [1.54, 1.807) is 0 Å². The molecule has 1 N–H and O–H groups in total. The Hall–Kier alpha value is -1.46. The molecule has 92 valence electrons. The van der Waals surface area contributed by atoms with Crippen LogP contribution in [0.25, 0.3) is 0 Å². The maximum absolute atomic E-state index is 5.74. The molecule has 0 atom stereocenters. The van der Waals surface area contributed by atoms with Gasteiger partial charge < -0.3 is 10.1 Å². The number of unbranched alkanes of at least 4 members (excludes halogenated alkanes) is 1. The summed E-state index contributed by atoms with van der Waals surface area (Å²) in [5.74, 6) is 3.57. The number of para-hydroxylation sites is 1. The van der Waals surface area contributed by atoms with Crippen molar-refractivity contribution < 1.29 is 4.74 Å². The van der Waals surface area contributed by atoms with E-state index in [9.17, 15) is 0 Å². The monoisotopic (exact) mass is 231 g/mol. The molecule has 0 saturated carbocycles. The zero-order valence-corrected chi connectivity index (χ0v) is 10.7. The molecule has 1 aromatic rings. The minimum Gasteiger partial charge on any atom is -0.493 e. The lowest BCUT2D eigenvalue weighted by Crippen LogP contribution is -2.22. The van der Waals surface area contributed by atoms with Crippen molar-refractivity contribution in [1.82, 2.24) is 5.32 Å². The smallest absolute Gasteiger partial charge is 0.123 e. The quantitative estimate of drug-likeness (QED) is 0.575. The standard InChI is InChI=1S/C15H21NO/c1-4-5-8-11-17-15-10-7-6-9-14(15)12-16-13(2)3/h1,6-7,9-10,13,16H,5,8,11-12H2,2-3H3. The van der Waals surface area contributed by atoms with Crippen molar-refractivity contribution in [3.8, 4) is 18.1 Å². The second-order valence-electron chi connectivity index (χ2n) is 4.30. The fourth-order valence-electron chi connectivity index (χ4n) is 1.46. The number of nitrogens with one attached hydrogen (secondary N) is 1. The topological polar surface area (TPSA) is 21.3 Å². The predicted molar refractivity (Wildman–Crippen MR) is 72.0 cm³/mol. The first-order chi connectivity index (χ1) is 8.24. The highest BCUT2D eigenvalue weighted by molar-refractivity contribution is 5.33. The molecule has 17 heavy (non-hydrogen) atoms. The van der Waals surface area contributed by atoms with E-state index >= 15 is 0 Å². The zero-order chi connectivity index (χ0) is 12.5. The van der Waals surface area contributed by atoms with Crippen LogP contribution < -0.4 is 10.1 Å². The zero-order valence-electron chi connectivity index (χ0n) is 10.7. The molecule has 0 amide bonds. The third-order valence-corrected chi connectivity index (χ3v) is 2.40.